The van der Waals surface area contributed by atoms with Crippen LogP contribution in [0, 0.1) is 15.5 Å². The number of nitrogens with zero attached hydrogens (tertiary/aromatic N) is 3. The number of hydrogen-bond acceptors (Lipinski definition) is 8. The van der Waals surface area contributed by atoms with E-state index in [1.807, 2.05) is 36.7 Å². The molecule has 0 fully saturated rings. The molecule has 0 saturated carbocycles. The Kier molecular flexibility index (Phi) is 12.4. The van der Waals surface area contributed by atoms with Crippen molar-refractivity contribution >= 4 is 29.2 Å². The molecule has 3 aromatic carbocycles. The maximum Gasteiger partial charge on any atom is 0.269 e. The highest BCUT2D eigenvalue weighted by molar-refractivity contribution is 7.98. The summed E-state index contributed by atoms with van der Waals surface area (Å²) in [5.41, 5.74) is 6.23. The van der Waals surface area contributed by atoms with E-state index >= 15 is 0 Å². The molecule has 5 rings (SSSR count). The van der Waals surface area contributed by atoms with Gasteiger partial charge in [0.05, 0.1) is 4.92 Å². The summed E-state index contributed by atoms with van der Waals surface area (Å²) in [6.45, 7) is 5.35. The van der Waals surface area contributed by atoms with Gasteiger partial charge in [0.1, 0.15) is 0 Å². The minimum Gasteiger partial charge on any atom is -0.312 e. The molecule has 2 aromatic heterocycles. The minimum atomic E-state index is -0.347. The zero-order valence-corrected chi connectivity index (χ0v) is 27.6. The van der Waals surface area contributed by atoms with Crippen molar-refractivity contribution in [1.29, 1.82) is 0 Å². The molecule has 0 aliphatic heterocycles. The van der Waals surface area contributed by atoms with Crippen molar-refractivity contribution in [3.8, 4) is 0 Å². The lowest BCUT2D eigenvalue weighted by molar-refractivity contribution is -0.384. The maximum atomic E-state index is 11.2. The van der Waals surface area contributed by atoms with Gasteiger partial charge in [0, 0.05) is 84.4 Å². The first-order valence-electron chi connectivity index (χ1n) is 15.3. The number of nitro groups is 1. The van der Waals surface area contributed by atoms with Gasteiger partial charge in [-0.3, -0.25) is 20.1 Å². The number of rotatable bonds is 17. The van der Waals surface area contributed by atoms with Gasteiger partial charge in [0.15, 0.2) is 0 Å². The fourth-order valence-electron chi connectivity index (χ4n) is 5.34. The fraction of sp³-hybridized carbons (Fsp3) is 0.243. The van der Waals surface area contributed by atoms with Gasteiger partial charge in [-0.25, -0.2) is 0 Å². The average molecular weight is 650 g/mol. The Morgan fingerprint density at radius 1 is 0.674 bits per heavy atom. The monoisotopic (exact) mass is 649 g/mol. The van der Waals surface area contributed by atoms with Crippen molar-refractivity contribution in [3.05, 3.63) is 160 Å². The van der Waals surface area contributed by atoms with Gasteiger partial charge in [-0.05, 0) is 63.9 Å². The van der Waals surface area contributed by atoms with Crippen molar-refractivity contribution < 1.29 is 4.92 Å². The van der Waals surface area contributed by atoms with Gasteiger partial charge in [-0.1, -0.05) is 67.6 Å². The van der Waals surface area contributed by atoms with E-state index in [0.29, 0.717) is 0 Å². The summed E-state index contributed by atoms with van der Waals surface area (Å²) in [6.07, 6.45) is 8.18. The van der Waals surface area contributed by atoms with Crippen LogP contribution in [0.2, 0.25) is 0 Å². The highest BCUT2D eigenvalue weighted by atomic mass is 32.2. The average Bonchev–Trinajstić information content (AvgIpc) is 3.08. The second kappa shape index (κ2) is 17.1. The normalized spacial score (nSPS) is 11.4. The van der Waals surface area contributed by atoms with Crippen LogP contribution in [0.3, 0.4) is 0 Å². The summed E-state index contributed by atoms with van der Waals surface area (Å²) in [4.78, 5) is 21.7. The zero-order chi connectivity index (χ0) is 32.0. The lowest BCUT2D eigenvalue weighted by atomic mass is 9.83. The third kappa shape index (κ3) is 10.3. The second-order valence-corrected chi connectivity index (χ2v) is 13.7. The fourth-order valence-corrected chi connectivity index (χ4v) is 7.17. The Hall–Kier alpha value is -4.02. The summed E-state index contributed by atoms with van der Waals surface area (Å²) in [7, 11) is 0. The summed E-state index contributed by atoms with van der Waals surface area (Å²) >= 11 is 3.58. The Balaban J connectivity index is 1.23. The van der Waals surface area contributed by atoms with E-state index in [-0.39, 0.29) is 16.0 Å². The summed E-state index contributed by atoms with van der Waals surface area (Å²) in [5.74, 6) is 1.76. The molecule has 2 N–H and O–H groups in total. The molecule has 236 valence electrons. The molecule has 46 heavy (non-hydrogen) atoms. The lowest BCUT2D eigenvalue weighted by Gasteiger charge is -2.31. The molecule has 0 aliphatic rings. The molecule has 0 aliphatic carbocycles. The third-order valence-corrected chi connectivity index (χ3v) is 9.87. The molecule has 0 atom stereocenters. The standard InChI is InChI=1S/C37H39N5O2S2/c1-37(20-29-14-16-34(17-15-29)42(43)44,27-40-21-30-8-2-4-10-32(30)25-45-35-12-6-18-38-23-35)28-41-22-31-9-3-5-11-33(31)26-46-36-13-7-19-39-24-36/h2-19,23-24,40-41H,20-22,25-28H2,1H3. The lowest BCUT2D eigenvalue weighted by Crippen LogP contribution is -2.41. The number of thioether (sulfide) groups is 2. The minimum absolute atomic E-state index is 0.114. The highest BCUT2D eigenvalue weighted by Crippen LogP contribution is 2.27. The molecular formula is C37H39N5O2S2. The summed E-state index contributed by atoms with van der Waals surface area (Å²) in [6, 6.07) is 32.2. The number of nitro benzene ring substituents is 1. The SMILES string of the molecule is CC(CNCc1ccccc1CSc1cccnc1)(CNCc1ccccc1CSc1cccnc1)Cc1ccc([N+](=O)[O-])cc1. The van der Waals surface area contributed by atoms with Crippen molar-refractivity contribution in [2.75, 3.05) is 13.1 Å². The summed E-state index contributed by atoms with van der Waals surface area (Å²) in [5, 5.41) is 18.7. The van der Waals surface area contributed by atoms with E-state index in [1.54, 1.807) is 48.1 Å². The molecule has 5 aromatic rings. The number of nitrogens with one attached hydrogen (secondary N) is 2. The van der Waals surface area contributed by atoms with E-state index in [4.69, 9.17) is 0 Å². The van der Waals surface area contributed by atoms with Gasteiger partial charge in [0.2, 0.25) is 0 Å². The van der Waals surface area contributed by atoms with E-state index in [0.717, 1.165) is 59.5 Å². The molecule has 9 heteroatoms. The Morgan fingerprint density at radius 2 is 1.15 bits per heavy atom. The quantitative estimate of drug-likeness (QED) is 0.0593. The Bertz CT molecular complexity index is 1580. The molecule has 0 spiro atoms. The van der Waals surface area contributed by atoms with Crippen LogP contribution in [-0.2, 0) is 31.0 Å². The molecule has 0 bridgehead atoms. The van der Waals surface area contributed by atoms with Crippen LogP contribution in [0.4, 0.5) is 5.69 Å². The number of aromatic nitrogens is 2. The second-order valence-electron chi connectivity index (χ2n) is 11.6. The van der Waals surface area contributed by atoms with Gasteiger partial charge < -0.3 is 10.6 Å². The van der Waals surface area contributed by atoms with E-state index < -0.39 is 0 Å². The summed E-state index contributed by atoms with van der Waals surface area (Å²) < 4.78 is 0. The van der Waals surface area contributed by atoms with Crippen molar-refractivity contribution in [2.45, 2.75) is 47.7 Å². The number of benzene rings is 3. The Morgan fingerprint density at radius 3 is 1.59 bits per heavy atom. The number of pyridine rings is 2. The predicted octanol–water partition coefficient (Wildman–Crippen LogP) is 8.10. The van der Waals surface area contributed by atoms with Crippen LogP contribution < -0.4 is 10.6 Å². The van der Waals surface area contributed by atoms with Gasteiger partial charge in [-0.2, -0.15) is 0 Å². The van der Waals surface area contributed by atoms with Crippen LogP contribution in [0.5, 0.6) is 0 Å². The van der Waals surface area contributed by atoms with Crippen LogP contribution in [0.25, 0.3) is 0 Å². The van der Waals surface area contributed by atoms with Crippen molar-refractivity contribution in [1.82, 2.24) is 20.6 Å². The van der Waals surface area contributed by atoms with E-state index in [2.05, 4.69) is 88.2 Å². The topological polar surface area (TPSA) is 93.0 Å². The van der Waals surface area contributed by atoms with Crippen LogP contribution in [0.15, 0.2) is 132 Å². The molecule has 0 radical (unpaired) electrons. The molecule has 7 nitrogen and oxygen atoms in total. The highest BCUT2D eigenvalue weighted by Gasteiger charge is 2.25. The van der Waals surface area contributed by atoms with Crippen molar-refractivity contribution in [3.63, 3.8) is 0 Å². The Labute approximate surface area is 279 Å². The number of hydrogen-bond donors (Lipinski definition) is 2. The largest absolute Gasteiger partial charge is 0.312 e. The first-order valence-corrected chi connectivity index (χ1v) is 17.3. The third-order valence-electron chi connectivity index (χ3n) is 7.81. The molecule has 0 amide bonds. The zero-order valence-electron chi connectivity index (χ0n) is 26.0. The first-order chi connectivity index (χ1) is 22.5. The molecular weight excluding hydrogens is 611 g/mol. The van der Waals surface area contributed by atoms with Crippen LogP contribution >= 0.6 is 23.5 Å². The molecule has 2 heterocycles. The van der Waals surface area contributed by atoms with E-state index in [1.165, 1.54) is 22.3 Å². The van der Waals surface area contributed by atoms with E-state index in [9.17, 15) is 10.1 Å². The van der Waals surface area contributed by atoms with Gasteiger partial charge >= 0.3 is 0 Å². The maximum absolute atomic E-state index is 11.2. The van der Waals surface area contributed by atoms with Crippen molar-refractivity contribution in [2.24, 2.45) is 5.41 Å². The first kappa shape index (κ1) is 33.3. The smallest absolute Gasteiger partial charge is 0.269 e. The van der Waals surface area contributed by atoms with Gasteiger partial charge in [-0.15, -0.1) is 23.5 Å². The molecule has 0 saturated heterocycles. The molecule has 0 unspecified atom stereocenters. The van der Waals surface area contributed by atoms with Crippen LogP contribution in [-0.4, -0.2) is 28.0 Å². The predicted molar refractivity (Wildman–Crippen MR) is 189 cm³/mol. The number of non-ortho nitro benzene ring substituents is 1. The van der Waals surface area contributed by atoms with Crippen LogP contribution in [0.1, 0.15) is 34.7 Å². The van der Waals surface area contributed by atoms with Gasteiger partial charge in [0.25, 0.3) is 5.69 Å².